The summed E-state index contributed by atoms with van der Waals surface area (Å²) in [5.41, 5.74) is 4.36. The number of hydrogen-bond acceptors (Lipinski definition) is 3. The van der Waals surface area contributed by atoms with E-state index in [4.69, 9.17) is 9.82 Å². The van der Waals surface area contributed by atoms with Crippen molar-refractivity contribution >= 4 is 26.8 Å². The third-order valence-corrected chi connectivity index (χ3v) is 5.18. The van der Waals surface area contributed by atoms with E-state index < -0.39 is 0 Å². The number of halogens is 1. The van der Waals surface area contributed by atoms with E-state index in [-0.39, 0.29) is 0 Å². The van der Waals surface area contributed by atoms with Crippen LogP contribution in [0, 0.1) is 6.92 Å². The molecule has 0 N–H and O–H groups in total. The lowest BCUT2D eigenvalue weighted by atomic mass is 10.0. The van der Waals surface area contributed by atoms with Gasteiger partial charge in [0.2, 0.25) is 0 Å². The summed E-state index contributed by atoms with van der Waals surface area (Å²) in [6.07, 6.45) is 4.94. The summed E-state index contributed by atoms with van der Waals surface area (Å²) in [6, 6.07) is 16.7. The molecule has 0 amide bonds. The van der Waals surface area contributed by atoms with Gasteiger partial charge < -0.3 is 4.84 Å². The third kappa shape index (κ3) is 5.30. The van der Waals surface area contributed by atoms with Crippen molar-refractivity contribution in [3.63, 3.8) is 0 Å². The van der Waals surface area contributed by atoms with Crippen molar-refractivity contribution in [2.24, 2.45) is 0 Å². The van der Waals surface area contributed by atoms with E-state index in [1.54, 1.807) is 0 Å². The molecule has 0 unspecified atom stereocenters. The average molecular weight is 427 g/mol. The zero-order valence-corrected chi connectivity index (χ0v) is 17.9. The maximum atomic E-state index is 5.99. The number of pyridine rings is 1. The molecule has 0 saturated carbocycles. The highest BCUT2D eigenvalue weighted by Crippen LogP contribution is 2.31. The Bertz CT molecular complexity index is 893. The second kappa shape index (κ2) is 9.34. The van der Waals surface area contributed by atoms with Gasteiger partial charge in [0, 0.05) is 35.2 Å². The number of hydroxylamine groups is 2. The molecule has 0 aliphatic rings. The highest BCUT2D eigenvalue weighted by molar-refractivity contribution is 9.10. The minimum Gasteiger partial charge on any atom is -0.406 e. The molecule has 27 heavy (non-hydrogen) atoms. The number of hydrogen-bond donors (Lipinski definition) is 0. The molecule has 0 radical (unpaired) electrons. The Morgan fingerprint density at radius 2 is 1.78 bits per heavy atom. The van der Waals surface area contributed by atoms with Crippen LogP contribution in [-0.4, -0.2) is 23.6 Å². The summed E-state index contributed by atoms with van der Waals surface area (Å²) in [5, 5.41) is 3.06. The number of nitrogens with zero attached hydrogens (tertiary/aromatic N) is 2. The fourth-order valence-electron chi connectivity index (χ4n) is 3.25. The van der Waals surface area contributed by atoms with Crippen molar-refractivity contribution in [2.75, 3.05) is 13.6 Å². The first-order valence-corrected chi connectivity index (χ1v) is 10.4. The molecule has 0 aliphatic carbocycles. The largest absolute Gasteiger partial charge is 0.406 e. The smallest absolute Gasteiger partial charge is 0.149 e. The van der Waals surface area contributed by atoms with Crippen molar-refractivity contribution in [1.29, 1.82) is 0 Å². The lowest BCUT2D eigenvalue weighted by Crippen LogP contribution is -2.23. The fourth-order valence-corrected chi connectivity index (χ4v) is 3.52. The Morgan fingerprint density at radius 1 is 1.00 bits per heavy atom. The van der Waals surface area contributed by atoms with Crippen molar-refractivity contribution in [1.82, 2.24) is 10.0 Å². The first-order chi connectivity index (χ1) is 13.1. The van der Waals surface area contributed by atoms with E-state index in [9.17, 15) is 0 Å². The Balaban J connectivity index is 1.82. The van der Waals surface area contributed by atoms with Gasteiger partial charge in [-0.25, -0.2) is 0 Å². The number of fused-ring (bicyclic) bond motifs is 1. The lowest BCUT2D eigenvalue weighted by Gasteiger charge is -2.18. The summed E-state index contributed by atoms with van der Waals surface area (Å²) in [6.45, 7) is 5.20. The average Bonchev–Trinajstić information content (AvgIpc) is 2.65. The first-order valence-electron chi connectivity index (χ1n) is 9.63. The molecule has 0 fully saturated rings. The van der Waals surface area contributed by atoms with E-state index >= 15 is 0 Å². The van der Waals surface area contributed by atoms with Gasteiger partial charge in [0.05, 0.1) is 5.52 Å². The predicted octanol–water partition coefficient (Wildman–Crippen LogP) is 6.78. The third-order valence-electron chi connectivity index (χ3n) is 4.65. The minimum absolute atomic E-state index is 0.834. The Morgan fingerprint density at radius 3 is 2.52 bits per heavy atom. The zero-order chi connectivity index (χ0) is 19.2. The molecule has 0 atom stereocenters. The molecule has 1 aromatic heterocycles. The van der Waals surface area contributed by atoms with Gasteiger partial charge in [-0.3, -0.25) is 4.98 Å². The van der Waals surface area contributed by atoms with Gasteiger partial charge in [0.25, 0.3) is 0 Å². The molecule has 0 spiro atoms. The summed E-state index contributed by atoms with van der Waals surface area (Å²) < 4.78 is 1.08. The number of aromatic nitrogens is 1. The van der Waals surface area contributed by atoms with E-state index in [0.29, 0.717) is 0 Å². The highest BCUT2D eigenvalue weighted by Gasteiger charge is 2.09. The van der Waals surface area contributed by atoms with E-state index in [1.807, 2.05) is 31.2 Å². The summed E-state index contributed by atoms with van der Waals surface area (Å²) in [4.78, 5) is 10.7. The van der Waals surface area contributed by atoms with Crippen LogP contribution < -0.4 is 4.84 Å². The van der Waals surface area contributed by atoms with Gasteiger partial charge in [0.15, 0.2) is 0 Å². The summed E-state index contributed by atoms with van der Waals surface area (Å²) in [7, 11) is 1.99. The SMILES string of the molecule is CCCCCCN(C)Oc1ccc2c(-c3ccc(Br)cc3)cc(C)nc2c1. The predicted molar refractivity (Wildman–Crippen MR) is 117 cm³/mol. The highest BCUT2D eigenvalue weighted by atomic mass is 79.9. The normalized spacial score (nSPS) is 11.3. The van der Waals surface area contributed by atoms with Gasteiger partial charge in [-0.1, -0.05) is 54.2 Å². The van der Waals surface area contributed by atoms with E-state index in [0.717, 1.165) is 39.8 Å². The molecule has 3 rings (SSSR count). The maximum Gasteiger partial charge on any atom is 0.149 e. The molecule has 142 valence electrons. The molecule has 1 heterocycles. The number of aryl methyl sites for hydroxylation is 1. The standard InChI is InChI=1S/C23H27BrN2O/c1-4-5-6-7-14-26(3)27-20-12-13-21-22(15-17(2)25-23(21)16-20)18-8-10-19(24)11-9-18/h8-13,15-16H,4-7,14H2,1-3H3. The maximum absolute atomic E-state index is 5.99. The van der Waals surface area contributed by atoms with Crippen LogP contribution in [-0.2, 0) is 0 Å². The van der Waals surface area contributed by atoms with Gasteiger partial charge in [0.1, 0.15) is 5.75 Å². The number of unbranched alkanes of at least 4 members (excludes halogenated alkanes) is 3. The number of benzene rings is 2. The Kier molecular flexibility index (Phi) is 6.86. The second-order valence-corrected chi connectivity index (χ2v) is 7.92. The molecule has 0 bridgehead atoms. The zero-order valence-electron chi connectivity index (χ0n) is 16.3. The van der Waals surface area contributed by atoms with Crippen LogP contribution in [0.2, 0.25) is 0 Å². The molecular formula is C23H27BrN2O. The molecular weight excluding hydrogens is 400 g/mol. The van der Waals surface area contributed by atoms with Crippen molar-refractivity contribution in [3.05, 3.63) is 58.7 Å². The lowest BCUT2D eigenvalue weighted by molar-refractivity contribution is -0.0326. The fraction of sp³-hybridized carbons (Fsp3) is 0.348. The van der Waals surface area contributed by atoms with Gasteiger partial charge in [-0.2, -0.15) is 0 Å². The van der Waals surface area contributed by atoms with Gasteiger partial charge >= 0.3 is 0 Å². The Labute approximate surface area is 170 Å². The monoisotopic (exact) mass is 426 g/mol. The quantitative estimate of drug-likeness (QED) is 0.293. The topological polar surface area (TPSA) is 25.4 Å². The number of rotatable bonds is 8. The molecule has 0 saturated heterocycles. The van der Waals surface area contributed by atoms with Crippen LogP contribution in [0.4, 0.5) is 0 Å². The summed E-state index contributed by atoms with van der Waals surface area (Å²) in [5.74, 6) is 0.834. The van der Waals surface area contributed by atoms with Crippen molar-refractivity contribution in [3.8, 4) is 16.9 Å². The van der Waals surface area contributed by atoms with Crippen LogP contribution in [0.5, 0.6) is 5.75 Å². The molecule has 2 aromatic carbocycles. The minimum atomic E-state index is 0.834. The Hall–Kier alpha value is -1.91. The van der Waals surface area contributed by atoms with Crippen LogP contribution in [0.1, 0.15) is 38.3 Å². The van der Waals surface area contributed by atoms with Crippen LogP contribution in [0.3, 0.4) is 0 Å². The van der Waals surface area contributed by atoms with Gasteiger partial charge in [-0.15, -0.1) is 5.06 Å². The first kappa shape index (κ1) is 19.8. The van der Waals surface area contributed by atoms with Crippen molar-refractivity contribution in [2.45, 2.75) is 39.5 Å². The second-order valence-electron chi connectivity index (χ2n) is 7.00. The summed E-state index contributed by atoms with van der Waals surface area (Å²) >= 11 is 3.51. The van der Waals surface area contributed by atoms with E-state index in [2.05, 4.69) is 59.3 Å². The molecule has 3 nitrogen and oxygen atoms in total. The van der Waals surface area contributed by atoms with E-state index in [1.165, 1.54) is 30.4 Å². The van der Waals surface area contributed by atoms with Crippen LogP contribution in [0.25, 0.3) is 22.0 Å². The molecule has 4 heteroatoms. The molecule has 3 aromatic rings. The van der Waals surface area contributed by atoms with Crippen LogP contribution >= 0.6 is 15.9 Å². The molecule has 0 aliphatic heterocycles. The van der Waals surface area contributed by atoms with Crippen molar-refractivity contribution < 1.29 is 4.84 Å². The van der Waals surface area contributed by atoms with Gasteiger partial charge in [-0.05, 0) is 54.8 Å². The van der Waals surface area contributed by atoms with Crippen LogP contribution in [0.15, 0.2) is 53.0 Å².